The first-order valence-corrected chi connectivity index (χ1v) is 6.59. The SMILES string of the molecule is CCc1ccc(-c2nc3c(N)cc(Cl)cc3[nH]2)cc1. The smallest absolute Gasteiger partial charge is 0.138 e. The van der Waals surface area contributed by atoms with Gasteiger partial charge in [-0.15, -0.1) is 0 Å². The molecule has 3 rings (SSSR count). The molecular formula is C15H14ClN3. The Labute approximate surface area is 116 Å². The van der Waals surface area contributed by atoms with E-state index in [9.17, 15) is 0 Å². The van der Waals surface area contributed by atoms with Crippen LogP contribution in [0, 0.1) is 0 Å². The van der Waals surface area contributed by atoms with E-state index in [0.29, 0.717) is 10.7 Å². The Balaban J connectivity index is 2.12. The summed E-state index contributed by atoms with van der Waals surface area (Å²) in [6.45, 7) is 2.14. The number of benzene rings is 2. The van der Waals surface area contributed by atoms with Crippen LogP contribution in [0.15, 0.2) is 36.4 Å². The number of nitrogens with two attached hydrogens (primary N) is 1. The summed E-state index contributed by atoms with van der Waals surface area (Å²) in [6.07, 6.45) is 1.03. The van der Waals surface area contributed by atoms with Crippen LogP contribution in [0.3, 0.4) is 0 Å². The highest BCUT2D eigenvalue weighted by Crippen LogP contribution is 2.27. The molecule has 0 radical (unpaired) electrons. The van der Waals surface area contributed by atoms with Gasteiger partial charge in [0.2, 0.25) is 0 Å². The van der Waals surface area contributed by atoms with Crippen LogP contribution in [0.1, 0.15) is 12.5 Å². The number of nitrogens with one attached hydrogen (secondary N) is 1. The first-order valence-electron chi connectivity index (χ1n) is 6.21. The van der Waals surface area contributed by atoms with Gasteiger partial charge in [-0.05, 0) is 24.1 Å². The molecule has 0 aliphatic heterocycles. The zero-order chi connectivity index (χ0) is 13.4. The molecule has 1 heterocycles. The molecule has 4 heteroatoms. The number of anilines is 1. The van der Waals surface area contributed by atoms with Gasteiger partial charge in [-0.25, -0.2) is 4.98 Å². The first-order chi connectivity index (χ1) is 9.17. The fraction of sp³-hybridized carbons (Fsp3) is 0.133. The molecule has 3 N–H and O–H groups in total. The zero-order valence-electron chi connectivity index (χ0n) is 10.6. The van der Waals surface area contributed by atoms with Gasteiger partial charge in [0.25, 0.3) is 0 Å². The van der Waals surface area contributed by atoms with Crippen LogP contribution in [0.5, 0.6) is 0 Å². The maximum Gasteiger partial charge on any atom is 0.138 e. The number of hydrogen-bond acceptors (Lipinski definition) is 2. The van der Waals surface area contributed by atoms with Gasteiger partial charge < -0.3 is 10.7 Å². The van der Waals surface area contributed by atoms with E-state index in [1.165, 1.54) is 5.56 Å². The number of aryl methyl sites for hydroxylation is 1. The summed E-state index contributed by atoms with van der Waals surface area (Å²) in [5, 5.41) is 0.613. The number of imidazole rings is 1. The monoisotopic (exact) mass is 271 g/mol. The molecule has 0 amide bonds. The number of H-pyrrole nitrogens is 1. The fourth-order valence-electron chi connectivity index (χ4n) is 2.14. The Bertz CT molecular complexity index is 729. The van der Waals surface area contributed by atoms with Crippen molar-refractivity contribution in [2.45, 2.75) is 13.3 Å². The topological polar surface area (TPSA) is 54.7 Å². The number of aromatic nitrogens is 2. The van der Waals surface area contributed by atoms with Gasteiger partial charge in [-0.3, -0.25) is 0 Å². The van der Waals surface area contributed by atoms with Gasteiger partial charge in [0.1, 0.15) is 11.3 Å². The molecule has 0 saturated heterocycles. The molecule has 3 aromatic rings. The van der Waals surface area contributed by atoms with Crippen molar-refractivity contribution in [1.29, 1.82) is 0 Å². The molecule has 0 bridgehead atoms. The van der Waals surface area contributed by atoms with Crippen molar-refractivity contribution in [3.8, 4) is 11.4 Å². The van der Waals surface area contributed by atoms with E-state index in [4.69, 9.17) is 17.3 Å². The van der Waals surface area contributed by atoms with Gasteiger partial charge in [0, 0.05) is 10.6 Å². The number of nitrogen functional groups attached to an aromatic ring is 1. The molecule has 0 atom stereocenters. The Morgan fingerprint density at radius 1 is 1.21 bits per heavy atom. The molecule has 1 aromatic heterocycles. The van der Waals surface area contributed by atoms with Crippen molar-refractivity contribution in [3.63, 3.8) is 0 Å². The summed E-state index contributed by atoms with van der Waals surface area (Å²) >= 11 is 5.99. The predicted octanol–water partition coefficient (Wildman–Crippen LogP) is 4.03. The van der Waals surface area contributed by atoms with E-state index in [2.05, 4.69) is 41.2 Å². The van der Waals surface area contributed by atoms with Crippen LogP contribution in [0.4, 0.5) is 5.69 Å². The highest BCUT2D eigenvalue weighted by molar-refractivity contribution is 6.31. The fourth-order valence-corrected chi connectivity index (χ4v) is 2.37. The lowest BCUT2D eigenvalue weighted by molar-refractivity contribution is 1.14. The summed E-state index contributed by atoms with van der Waals surface area (Å²) in [6, 6.07) is 11.9. The van der Waals surface area contributed by atoms with Crippen molar-refractivity contribution in [1.82, 2.24) is 9.97 Å². The molecule has 3 nitrogen and oxygen atoms in total. The molecule has 0 spiro atoms. The number of halogens is 1. The third-order valence-corrected chi connectivity index (χ3v) is 3.43. The summed E-state index contributed by atoms with van der Waals surface area (Å²) in [4.78, 5) is 7.80. The molecule has 96 valence electrons. The van der Waals surface area contributed by atoms with E-state index in [1.807, 2.05) is 6.07 Å². The van der Waals surface area contributed by atoms with Gasteiger partial charge in [-0.2, -0.15) is 0 Å². The second-order valence-corrected chi connectivity index (χ2v) is 4.96. The summed E-state index contributed by atoms with van der Waals surface area (Å²) < 4.78 is 0. The zero-order valence-corrected chi connectivity index (χ0v) is 11.3. The first kappa shape index (κ1) is 12.1. The molecule has 0 aliphatic carbocycles. The highest BCUT2D eigenvalue weighted by atomic mass is 35.5. The third-order valence-electron chi connectivity index (χ3n) is 3.22. The molecule has 0 aliphatic rings. The number of nitrogens with zero attached hydrogens (tertiary/aromatic N) is 1. The second kappa shape index (κ2) is 4.59. The lowest BCUT2D eigenvalue weighted by atomic mass is 10.1. The maximum atomic E-state index is 5.99. The Morgan fingerprint density at radius 3 is 2.63 bits per heavy atom. The Hall–Kier alpha value is -2.00. The average molecular weight is 272 g/mol. The third kappa shape index (κ3) is 2.17. The van der Waals surface area contributed by atoms with Crippen LogP contribution in [-0.2, 0) is 6.42 Å². The quantitative estimate of drug-likeness (QED) is 0.692. The van der Waals surface area contributed by atoms with Gasteiger partial charge in [0.05, 0.1) is 11.2 Å². The minimum atomic E-state index is 0.593. The summed E-state index contributed by atoms with van der Waals surface area (Å²) in [5.41, 5.74) is 10.5. The molecule has 0 unspecified atom stereocenters. The minimum Gasteiger partial charge on any atom is -0.397 e. The van der Waals surface area contributed by atoms with Crippen LogP contribution in [0.25, 0.3) is 22.4 Å². The van der Waals surface area contributed by atoms with E-state index in [-0.39, 0.29) is 0 Å². The van der Waals surface area contributed by atoms with Crippen LogP contribution in [-0.4, -0.2) is 9.97 Å². The van der Waals surface area contributed by atoms with E-state index >= 15 is 0 Å². The van der Waals surface area contributed by atoms with Crippen LogP contribution in [0.2, 0.25) is 5.02 Å². The highest BCUT2D eigenvalue weighted by Gasteiger charge is 2.08. The number of rotatable bonds is 2. The van der Waals surface area contributed by atoms with Crippen LogP contribution >= 0.6 is 11.6 Å². The number of hydrogen-bond donors (Lipinski definition) is 2. The number of aromatic amines is 1. The van der Waals surface area contributed by atoms with E-state index in [1.54, 1.807) is 6.07 Å². The van der Waals surface area contributed by atoms with Gasteiger partial charge >= 0.3 is 0 Å². The second-order valence-electron chi connectivity index (χ2n) is 4.53. The lowest BCUT2D eigenvalue weighted by Gasteiger charge is -1.98. The van der Waals surface area contributed by atoms with Crippen molar-refractivity contribution >= 4 is 28.3 Å². The standard InChI is InChI=1S/C15H14ClN3/c1-2-9-3-5-10(6-4-9)15-18-13-8-11(16)7-12(17)14(13)19-15/h3-8H,2,17H2,1H3,(H,18,19). The largest absolute Gasteiger partial charge is 0.397 e. The molecule has 0 fully saturated rings. The Kier molecular flexibility index (Phi) is 2.91. The molecule has 2 aromatic carbocycles. The van der Waals surface area contributed by atoms with Crippen molar-refractivity contribution in [2.24, 2.45) is 0 Å². The molecule has 19 heavy (non-hydrogen) atoms. The van der Waals surface area contributed by atoms with Gasteiger partial charge in [-0.1, -0.05) is 42.8 Å². The Morgan fingerprint density at radius 2 is 1.95 bits per heavy atom. The van der Waals surface area contributed by atoms with Gasteiger partial charge in [0.15, 0.2) is 0 Å². The van der Waals surface area contributed by atoms with Crippen LogP contribution < -0.4 is 5.73 Å². The summed E-state index contributed by atoms with van der Waals surface area (Å²) in [5.74, 6) is 0.812. The van der Waals surface area contributed by atoms with Crippen molar-refractivity contribution < 1.29 is 0 Å². The molecule has 0 saturated carbocycles. The maximum absolute atomic E-state index is 5.99. The van der Waals surface area contributed by atoms with E-state index < -0.39 is 0 Å². The predicted molar refractivity (Wildman–Crippen MR) is 80.3 cm³/mol. The minimum absolute atomic E-state index is 0.593. The number of fused-ring (bicyclic) bond motifs is 1. The van der Waals surface area contributed by atoms with E-state index in [0.717, 1.165) is 28.8 Å². The average Bonchev–Trinajstić information content (AvgIpc) is 2.83. The van der Waals surface area contributed by atoms with Crippen molar-refractivity contribution in [2.75, 3.05) is 5.73 Å². The lowest BCUT2D eigenvalue weighted by Crippen LogP contribution is -1.86. The summed E-state index contributed by atoms with van der Waals surface area (Å²) in [7, 11) is 0. The van der Waals surface area contributed by atoms with Crippen molar-refractivity contribution in [3.05, 3.63) is 47.0 Å². The molecular weight excluding hydrogens is 258 g/mol. The normalized spacial score (nSPS) is 11.1.